The molecule has 0 saturated carbocycles. The van der Waals surface area contributed by atoms with E-state index in [4.69, 9.17) is 4.74 Å². The van der Waals surface area contributed by atoms with Crippen LogP contribution in [-0.2, 0) is 16.1 Å². The molecule has 1 aliphatic rings. The van der Waals surface area contributed by atoms with Gasteiger partial charge in [-0.1, -0.05) is 18.2 Å². The van der Waals surface area contributed by atoms with Gasteiger partial charge in [-0.3, -0.25) is 9.69 Å². The van der Waals surface area contributed by atoms with Crippen LogP contribution < -0.4 is 5.32 Å². The largest absolute Gasteiger partial charge is 0.389 e. The zero-order chi connectivity index (χ0) is 16.0. The second kappa shape index (κ2) is 7.60. The molecule has 0 atom stereocenters. The molecule has 1 N–H and O–H groups in total. The topological polar surface area (TPSA) is 41.6 Å². The van der Waals surface area contributed by atoms with Crippen LogP contribution in [0.25, 0.3) is 0 Å². The van der Waals surface area contributed by atoms with Gasteiger partial charge in [0.15, 0.2) is 0 Å². The van der Waals surface area contributed by atoms with E-state index >= 15 is 0 Å². The van der Waals surface area contributed by atoms with E-state index in [9.17, 15) is 18.0 Å². The Morgan fingerprint density at radius 3 is 2.59 bits per heavy atom. The maximum Gasteiger partial charge on any atom is 0.389 e. The highest BCUT2D eigenvalue weighted by Gasteiger charge is 2.28. The Bertz CT molecular complexity index is 500. The van der Waals surface area contributed by atoms with Gasteiger partial charge in [-0.25, -0.2) is 0 Å². The first-order chi connectivity index (χ1) is 10.4. The number of benzene rings is 1. The molecule has 1 heterocycles. The van der Waals surface area contributed by atoms with Gasteiger partial charge in [-0.15, -0.1) is 0 Å². The number of halogens is 3. The number of hydrogen-bond donors (Lipinski definition) is 1. The number of nitrogens with zero attached hydrogens (tertiary/aromatic N) is 1. The van der Waals surface area contributed by atoms with Gasteiger partial charge in [-0.2, -0.15) is 13.2 Å². The second-order valence-corrected chi connectivity index (χ2v) is 5.21. The maximum absolute atomic E-state index is 12.1. The number of anilines is 1. The van der Waals surface area contributed by atoms with Gasteiger partial charge in [0, 0.05) is 31.7 Å². The average Bonchev–Trinajstić information content (AvgIpc) is 2.48. The lowest BCUT2D eigenvalue weighted by Crippen LogP contribution is -2.35. The Kier molecular flexibility index (Phi) is 5.79. The average molecular weight is 316 g/mol. The standard InChI is InChI=1S/C15H19F3N2O2/c16-15(17,18)6-5-14(21)19-13-4-2-1-3-12(13)11-20-7-9-22-10-8-20/h1-4H,5-11H2,(H,19,21). The number of alkyl halides is 3. The van der Waals surface area contributed by atoms with Gasteiger partial charge >= 0.3 is 6.18 Å². The summed E-state index contributed by atoms with van der Waals surface area (Å²) in [5.74, 6) is -0.619. The molecular weight excluding hydrogens is 297 g/mol. The first kappa shape index (κ1) is 16.8. The third-order valence-electron chi connectivity index (χ3n) is 3.42. The van der Waals surface area contributed by atoms with Crippen LogP contribution in [-0.4, -0.2) is 43.3 Å². The number of carbonyl (C=O) groups excluding carboxylic acids is 1. The molecule has 1 aromatic carbocycles. The zero-order valence-corrected chi connectivity index (χ0v) is 12.2. The van der Waals surface area contributed by atoms with E-state index in [1.807, 2.05) is 12.1 Å². The molecule has 122 valence electrons. The fourth-order valence-corrected chi connectivity index (χ4v) is 2.25. The van der Waals surface area contributed by atoms with E-state index in [1.54, 1.807) is 12.1 Å². The lowest BCUT2D eigenvalue weighted by molar-refractivity contribution is -0.142. The number of rotatable bonds is 5. The Morgan fingerprint density at radius 1 is 1.23 bits per heavy atom. The van der Waals surface area contributed by atoms with Crippen molar-refractivity contribution in [2.24, 2.45) is 0 Å². The number of nitrogens with one attached hydrogen (secondary N) is 1. The second-order valence-electron chi connectivity index (χ2n) is 5.21. The van der Waals surface area contributed by atoms with Crippen molar-refractivity contribution in [1.82, 2.24) is 4.90 Å². The molecule has 0 radical (unpaired) electrons. The number of para-hydroxylation sites is 1. The molecule has 2 rings (SSSR count). The Balaban J connectivity index is 1.94. The van der Waals surface area contributed by atoms with Crippen LogP contribution in [0.2, 0.25) is 0 Å². The molecule has 0 bridgehead atoms. The number of carbonyl (C=O) groups is 1. The van der Waals surface area contributed by atoms with E-state index < -0.39 is 24.9 Å². The smallest absolute Gasteiger partial charge is 0.379 e. The minimum absolute atomic E-state index is 0.560. The van der Waals surface area contributed by atoms with Crippen molar-refractivity contribution in [3.05, 3.63) is 29.8 Å². The van der Waals surface area contributed by atoms with Crippen LogP contribution in [0, 0.1) is 0 Å². The van der Waals surface area contributed by atoms with Crippen molar-refractivity contribution in [1.29, 1.82) is 0 Å². The number of morpholine rings is 1. The summed E-state index contributed by atoms with van der Waals surface area (Å²) < 4.78 is 41.7. The fraction of sp³-hybridized carbons (Fsp3) is 0.533. The van der Waals surface area contributed by atoms with Crippen molar-refractivity contribution in [3.8, 4) is 0 Å². The third kappa shape index (κ3) is 5.65. The summed E-state index contributed by atoms with van der Waals surface area (Å²) in [4.78, 5) is 13.8. The van der Waals surface area contributed by atoms with Crippen molar-refractivity contribution < 1.29 is 22.7 Å². The van der Waals surface area contributed by atoms with Crippen LogP contribution in [0.5, 0.6) is 0 Å². The van der Waals surface area contributed by atoms with E-state index in [0.717, 1.165) is 18.7 Å². The molecular formula is C15H19F3N2O2. The molecule has 1 amide bonds. The minimum atomic E-state index is -4.31. The van der Waals surface area contributed by atoms with Gasteiger partial charge in [0.05, 0.1) is 19.6 Å². The molecule has 0 unspecified atom stereocenters. The van der Waals surface area contributed by atoms with Crippen molar-refractivity contribution >= 4 is 11.6 Å². The van der Waals surface area contributed by atoms with E-state index in [1.165, 1.54) is 0 Å². The summed E-state index contributed by atoms with van der Waals surface area (Å²) in [6.07, 6.45) is -5.98. The maximum atomic E-state index is 12.1. The van der Waals surface area contributed by atoms with Crippen LogP contribution in [0.15, 0.2) is 24.3 Å². The summed E-state index contributed by atoms with van der Waals surface area (Å²) in [6, 6.07) is 7.18. The SMILES string of the molecule is O=C(CCC(F)(F)F)Nc1ccccc1CN1CCOCC1. The summed E-state index contributed by atoms with van der Waals surface area (Å²) in [5.41, 5.74) is 1.46. The normalized spacial score (nSPS) is 16.5. The van der Waals surface area contributed by atoms with Gasteiger partial charge in [0.25, 0.3) is 0 Å². The molecule has 4 nitrogen and oxygen atoms in total. The quantitative estimate of drug-likeness (QED) is 0.908. The fourth-order valence-electron chi connectivity index (χ4n) is 2.25. The number of hydrogen-bond acceptors (Lipinski definition) is 3. The summed E-state index contributed by atoms with van der Waals surface area (Å²) in [7, 11) is 0. The number of ether oxygens (including phenoxy) is 1. The van der Waals surface area contributed by atoms with Crippen molar-refractivity contribution in [3.63, 3.8) is 0 Å². The Hall–Kier alpha value is -1.60. The molecule has 1 aliphatic heterocycles. The van der Waals surface area contributed by atoms with Crippen molar-refractivity contribution in [2.45, 2.75) is 25.6 Å². The van der Waals surface area contributed by atoms with Crippen LogP contribution in [0.1, 0.15) is 18.4 Å². The van der Waals surface area contributed by atoms with Crippen LogP contribution >= 0.6 is 0 Å². The van der Waals surface area contributed by atoms with E-state index in [-0.39, 0.29) is 0 Å². The molecule has 0 aromatic heterocycles. The molecule has 22 heavy (non-hydrogen) atoms. The van der Waals surface area contributed by atoms with Gasteiger partial charge in [0.1, 0.15) is 0 Å². The summed E-state index contributed by atoms with van der Waals surface area (Å²) in [5, 5.41) is 2.58. The first-order valence-corrected chi connectivity index (χ1v) is 7.19. The van der Waals surface area contributed by atoms with Crippen LogP contribution in [0.3, 0.4) is 0 Å². The third-order valence-corrected chi connectivity index (χ3v) is 3.42. The molecule has 7 heteroatoms. The van der Waals surface area contributed by atoms with Gasteiger partial charge in [-0.05, 0) is 11.6 Å². The molecule has 0 aliphatic carbocycles. The van der Waals surface area contributed by atoms with Gasteiger partial charge in [0.2, 0.25) is 5.91 Å². The minimum Gasteiger partial charge on any atom is -0.379 e. The molecule has 1 fully saturated rings. The van der Waals surface area contributed by atoms with Crippen molar-refractivity contribution in [2.75, 3.05) is 31.6 Å². The first-order valence-electron chi connectivity index (χ1n) is 7.19. The summed E-state index contributed by atoms with van der Waals surface area (Å²) >= 11 is 0. The number of amides is 1. The lowest BCUT2D eigenvalue weighted by Gasteiger charge is -2.27. The van der Waals surface area contributed by atoms with E-state index in [0.29, 0.717) is 25.4 Å². The highest BCUT2D eigenvalue weighted by atomic mass is 19.4. The lowest BCUT2D eigenvalue weighted by atomic mass is 10.1. The van der Waals surface area contributed by atoms with Crippen LogP contribution in [0.4, 0.5) is 18.9 Å². The Morgan fingerprint density at radius 2 is 1.91 bits per heavy atom. The highest BCUT2D eigenvalue weighted by molar-refractivity contribution is 5.91. The summed E-state index contributed by atoms with van der Waals surface area (Å²) in [6.45, 7) is 3.58. The monoisotopic (exact) mass is 316 g/mol. The zero-order valence-electron chi connectivity index (χ0n) is 12.2. The predicted molar refractivity (Wildman–Crippen MR) is 76.5 cm³/mol. The van der Waals surface area contributed by atoms with E-state index in [2.05, 4.69) is 10.2 Å². The molecule has 1 aromatic rings. The predicted octanol–water partition coefficient (Wildman–Crippen LogP) is 2.80. The molecule has 1 saturated heterocycles. The Labute approximate surface area is 127 Å². The molecule has 0 spiro atoms. The van der Waals surface area contributed by atoms with Gasteiger partial charge < -0.3 is 10.1 Å². The highest BCUT2D eigenvalue weighted by Crippen LogP contribution is 2.23.